The van der Waals surface area contributed by atoms with Crippen LogP contribution in [-0.2, 0) is 6.54 Å². The van der Waals surface area contributed by atoms with Crippen LogP contribution in [0.3, 0.4) is 0 Å². The highest BCUT2D eigenvalue weighted by molar-refractivity contribution is 7.23. The van der Waals surface area contributed by atoms with Gasteiger partial charge in [0.2, 0.25) is 0 Å². The Hall–Kier alpha value is -2.21. The molecule has 0 unspecified atom stereocenters. The van der Waals surface area contributed by atoms with E-state index in [4.69, 9.17) is 11.6 Å². The number of aliphatic hydroxyl groups is 1. The van der Waals surface area contributed by atoms with Crippen LogP contribution in [0.2, 0.25) is 5.02 Å². The fourth-order valence-electron chi connectivity index (χ4n) is 2.69. The summed E-state index contributed by atoms with van der Waals surface area (Å²) >= 11 is 8.17. The van der Waals surface area contributed by atoms with E-state index in [1.165, 1.54) is 0 Å². The number of rotatable bonds is 4. The molecule has 4 nitrogen and oxygen atoms in total. The van der Waals surface area contributed by atoms with Gasteiger partial charge in [-0.3, -0.25) is 4.98 Å². The maximum atomic E-state index is 10.5. The van der Waals surface area contributed by atoms with Crippen molar-refractivity contribution in [3.05, 3.63) is 71.8 Å². The zero-order valence-corrected chi connectivity index (χ0v) is 14.2. The van der Waals surface area contributed by atoms with Crippen LogP contribution in [0.15, 0.2) is 61.2 Å². The fraction of sp³-hybridized carbons (Fsp3) is 0.111. The number of benzene rings is 1. The zero-order valence-electron chi connectivity index (χ0n) is 12.6. The molecule has 0 radical (unpaired) electrons. The number of halogens is 1. The first kappa shape index (κ1) is 15.3. The van der Waals surface area contributed by atoms with Crippen LogP contribution in [0.1, 0.15) is 11.7 Å². The molecule has 0 saturated carbocycles. The van der Waals surface area contributed by atoms with Crippen LogP contribution in [0, 0.1) is 0 Å². The second-order valence-corrected chi connectivity index (χ2v) is 6.88. The maximum absolute atomic E-state index is 10.5. The van der Waals surface area contributed by atoms with E-state index < -0.39 is 6.10 Å². The Kier molecular flexibility index (Phi) is 4.06. The SMILES string of the molecule is O[C@H](Cn1ccnc1-c1sc2ccccc2c1Cl)c1cccnc1. The molecule has 0 aliphatic rings. The van der Waals surface area contributed by atoms with E-state index in [0.717, 1.165) is 26.4 Å². The average molecular weight is 356 g/mol. The second kappa shape index (κ2) is 6.36. The van der Waals surface area contributed by atoms with Crippen molar-refractivity contribution in [1.29, 1.82) is 0 Å². The van der Waals surface area contributed by atoms with Crippen LogP contribution in [0.4, 0.5) is 0 Å². The van der Waals surface area contributed by atoms with Gasteiger partial charge in [-0.15, -0.1) is 11.3 Å². The maximum Gasteiger partial charge on any atom is 0.151 e. The molecule has 0 fully saturated rings. The molecule has 0 amide bonds. The molecular formula is C18H14ClN3OS. The molecule has 4 aromatic rings. The summed E-state index contributed by atoms with van der Waals surface area (Å²) < 4.78 is 3.05. The molecule has 0 bridgehead atoms. The highest BCUT2D eigenvalue weighted by Crippen LogP contribution is 2.41. The van der Waals surface area contributed by atoms with E-state index in [9.17, 15) is 5.11 Å². The van der Waals surface area contributed by atoms with Crippen molar-refractivity contribution in [2.75, 3.05) is 0 Å². The van der Waals surface area contributed by atoms with Crippen molar-refractivity contribution in [3.63, 3.8) is 0 Å². The van der Waals surface area contributed by atoms with Gasteiger partial charge in [0.05, 0.1) is 22.5 Å². The van der Waals surface area contributed by atoms with E-state index in [1.807, 2.05) is 47.2 Å². The predicted octanol–water partition coefficient (Wildman–Crippen LogP) is 4.55. The van der Waals surface area contributed by atoms with E-state index in [1.54, 1.807) is 29.9 Å². The van der Waals surface area contributed by atoms with E-state index in [2.05, 4.69) is 9.97 Å². The third-order valence-corrected chi connectivity index (χ3v) is 5.56. The Labute approximate surface area is 148 Å². The first-order valence-corrected chi connectivity index (χ1v) is 8.70. The Morgan fingerprint density at radius 3 is 2.83 bits per heavy atom. The predicted molar refractivity (Wildman–Crippen MR) is 97.3 cm³/mol. The van der Waals surface area contributed by atoms with Gasteiger partial charge in [0.1, 0.15) is 0 Å². The van der Waals surface area contributed by atoms with Gasteiger partial charge in [-0.2, -0.15) is 0 Å². The summed E-state index contributed by atoms with van der Waals surface area (Å²) in [6.45, 7) is 0.394. The number of imidazole rings is 1. The van der Waals surface area contributed by atoms with Crippen molar-refractivity contribution < 1.29 is 5.11 Å². The summed E-state index contributed by atoms with van der Waals surface area (Å²) in [6, 6.07) is 11.7. The number of aromatic nitrogens is 3. The van der Waals surface area contributed by atoms with Crippen molar-refractivity contribution in [2.45, 2.75) is 12.6 Å². The second-order valence-electron chi connectivity index (χ2n) is 5.45. The number of aliphatic hydroxyl groups excluding tert-OH is 1. The third-order valence-electron chi connectivity index (χ3n) is 3.89. The van der Waals surface area contributed by atoms with E-state index in [-0.39, 0.29) is 0 Å². The molecule has 0 aliphatic carbocycles. The van der Waals surface area contributed by atoms with Crippen LogP contribution >= 0.6 is 22.9 Å². The minimum Gasteiger partial charge on any atom is -0.386 e. The molecule has 1 aromatic carbocycles. The molecule has 24 heavy (non-hydrogen) atoms. The minimum absolute atomic E-state index is 0.394. The summed E-state index contributed by atoms with van der Waals surface area (Å²) in [5.74, 6) is 0.768. The van der Waals surface area contributed by atoms with Crippen LogP contribution in [0.25, 0.3) is 20.8 Å². The summed E-state index contributed by atoms with van der Waals surface area (Å²) in [6.07, 6.45) is 6.30. The summed E-state index contributed by atoms with van der Waals surface area (Å²) in [4.78, 5) is 9.42. The summed E-state index contributed by atoms with van der Waals surface area (Å²) in [7, 11) is 0. The van der Waals surface area contributed by atoms with Gasteiger partial charge in [-0.1, -0.05) is 35.9 Å². The summed E-state index contributed by atoms with van der Waals surface area (Å²) in [5, 5.41) is 12.2. The van der Waals surface area contributed by atoms with E-state index in [0.29, 0.717) is 11.6 Å². The molecule has 1 N–H and O–H groups in total. The fourth-order valence-corrected chi connectivity index (χ4v) is 4.22. The number of fused-ring (bicyclic) bond motifs is 1. The van der Waals surface area contributed by atoms with Gasteiger partial charge in [0.25, 0.3) is 0 Å². The largest absolute Gasteiger partial charge is 0.386 e. The third kappa shape index (κ3) is 2.71. The molecule has 0 aliphatic heterocycles. The Balaban J connectivity index is 1.70. The monoisotopic (exact) mass is 355 g/mol. The number of thiophene rings is 1. The minimum atomic E-state index is -0.653. The van der Waals surface area contributed by atoms with Crippen LogP contribution in [0.5, 0.6) is 0 Å². The lowest BCUT2D eigenvalue weighted by Gasteiger charge is -2.13. The first-order chi connectivity index (χ1) is 11.7. The molecule has 6 heteroatoms. The molecule has 3 aromatic heterocycles. The normalized spacial score (nSPS) is 12.6. The van der Waals surface area contributed by atoms with Crippen LogP contribution < -0.4 is 0 Å². The number of pyridine rings is 1. The molecule has 3 heterocycles. The lowest BCUT2D eigenvalue weighted by Crippen LogP contribution is -2.09. The highest BCUT2D eigenvalue weighted by atomic mass is 35.5. The smallest absolute Gasteiger partial charge is 0.151 e. The number of nitrogens with zero attached hydrogens (tertiary/aromatic N) is 3. The van der Waals surface area contributed by atoms with Crippen LogP contribution in [-0.4, -0.2) is 19.6 Å². The molecular weight excluding hydrogens is 342 g/mol. The lowest BCUT2D eigenvalue weighted by atomic mass is 10.1. The summed E-state index contributed by atoms with van der Waals surface area (Å²) in [5.41, 5.74) is 0.777. The Bertz CT molecular complexity index is 980. The van der Waals surface area contributed by atoms with Gasteiger partial charge in [0.15, 0.2) is 5.82 Å². The van der Waals surface area contributed by atoms with Crippen molar-refractivity contribution in [3.8, 4) is 10.7 Å². The Morgan fingerprint density at radius 2 is 2.04 bits per heavy atom. The first-order valence-electron chi connectivity index (χ1n) is 7.50. The number of hydrogen-bond acceptors (Lipinski definition) is 4. The van der Waals surface area contributed by atoms with Gasteiger partial charge >= 0.3 is 0 Å². The molecule has 0 saturated heterocycles. The van der Waals surface area contributed by atoms with Crippen molar-refractivity contribution in [2.24, 2.45) is 0 Å². The van der Waals surface area contributed by atoms with E-state index >= 15 is 0 Å². The van der Waals surface area contributed by atoms with Crippen molar-refractivity contribution >= 4 is 33.0 Å². The molecule has 0 spiro atoms. The van der Waals surface area contributed by atoms with Gasteiger partial charge in [-0.25, -0.2) is 4.98 Å². The molecule has 1 atom stereocenters. The average Bonchev–Trinajstić information content (AvgIpc) is 3.20. The van der Waals surface area contributed by atoms with Gasteiger partial charge in [0, 0.05) is 40.4 Å². The highest BCUT2D eigenvalue weighted by Gasteiger charge is 2.18. The Morgan fingerprint density at radius 1 is 1.17 bits per heavy atom. The zero-order chi connectivity index (χ0) is 16.5. The lowest BCUT2D eigenvalue weighted by molar-refractivity contribution is 0.156. The molecule has 4 rings (SSSR count). The molecule has 120 valence electrons. The van der Waals surface area contributed by atoms with Gasteiger partial charge in [-0.05, 0) is 12.1 Å². The quantitative estimate of drug-likeness (QED) is 0.584. The number of hydrogen-bond donors (Lipinski definition) is 1. The van der Waals surface area contributed by atoms with Crippen molar-refractivity contribution in [1.82, 2.24) is 14.5 Å². The van der Waals surface area contributed by atoms with Gasteiger partial charge < -0.3 is 9.67 Å². The topological polar surface area (TPSA) is 50.9 Å². The standard InChI is InChI=1S/C18H14ClN3OS/c19-16-13-5-1-2-6-15(13)24-17(16)18-21-8-9-22(18)11-14(23)12-4-3-7-20-10-12/h1-10,14,23H,11H2/t14-/m1/s1.